The predicted molar refractivity (Wildman–Crippen MR) is 117 cm³/mol. The first-order valence-electron chi connectivity index (χ1n) is 9.92. The number of methoxy groups -OCH3 is 1. The van der Waals surface area contributed by atoms with E-state index in [4.69, 9.17) is 17.0 Å². The highest BCUT2D eigenvalue weighted by atomic mass is 32.1. The summed E-state index contributed by atoms with van der Waals surface area (Å²) in [6, 6.07) is 16.6. The van der Waals surface area contributed by atoms with Crippen molar-refractivity contribution in [2.75, 3.05) is 33.3 Å². The van der Waals surface area contributed by atoms with Crippen LogP contribution < -0.4 is 4.74 Å². The Labute approximate surface area is 176 Å². The second-order valence-corrected chi connectivity index (χ2v) is 7.84. The van der Waals surface area contributed by atoms with E-state index in [-0.39, 0.29) is 0 Å². The van der Waals surface area contributed by atoms with Gasteiger partial charge >= 0.3 is 0 Å². The molecule has 0 spiro atoms. The number of benzene rings is 2. The number of aromatic nitrogens is 3. The monoisotopic (exact) mass is 409 g/mol. The highest BCUT2D eigenvalue weighted by Crippen LogP contribution is 2.22. The summed E-state index contributed by atoms with van der Waals surface area (Å²) in [4.78, 5) is 4.92. The van der Waals surface area contributed by atoms with Gasteiger partial charge in [-0.25, -0.2) is 4.68 Å². The molecule has 1 fully saturated rings. The Morgan fingerprint density at radius 1 is 1.00 bits per heavy atom. The molecule has 3 aromatic rings. The van der Waals surface area contributed by atoms with Crippen molar-refractivity contribution in [2.45, 2.75) is 20.1 Å². The molecule has 0 amide bonds. The zero-order valence-electron chi connectivity index (χ0n) is 17.0. The third-order valence-electron chi connectivity index (χ3n) is 5.37. The second kappa shape index (κ2) is 8.90. The van der Waals surface area contributed by atoms with Crippen LogP contribution in [0.25, 0.3) is 5.69 Å². The van der Waals surface area contributed by atoms with Gasteiger partial charge in [-0.2, -0.15) is 5.10 Å². The van der Waals surface area contributed by atoms with E-state index in [0.29, 0.717) is 11.4 Å². The van der Waals surface area contributed by atoms with Gasteiger partial charge in [-0.1, -0.05) is 42.0 Å². The van der Waals surface area contributed by atoms with Crippen LogP contribution in [0.1, 0.15) is 11.1 Å². The van der Waals surface area contributed by atoms with Crippen molar-refractivity contribution in [3.05, 3.63) is 70.8 Å². The minimum atomic E-state index is 0.677. The fourth-order valence-corrected chi connectivity index (χ4v) is 4.03. The summed E-state index contributed by atoms with van der Waals surface area (Å²) in [6.45, 7) is 7.99. The van der Waals surface area contributed by atoms with Crippen molar-refractivity contribution in [1.82, 2.24) is 24.1 Å². The molecule has 0 N–H and O–H groups in total. The van der Waals surface area contributed by atoms with Gasteiger partial charge in [-0.15, -0.1) is 0 Å². The van der Waals surface area contributed by atoms with Gasteiger partial charge in [0, 0.05) is 32.7 Å². The SMILES string of the molecule is COc1ccccc1-n1cnn(CN2CCN(Cc3cccc(C)c3)CC2)c1=S. The van der Waals surface area contributed by atoms with Crippen LogP contribution in [-0.4, -0.2) is 57.4 Å². The highest BCUT2D eigenvalue weighted by Gasteiger charge is 2.18. The molecular formula is C22H27N5OS. The summed E-state index contributed by atoms with van der Waals surface area (Å²) < 4.78 is 9.93. The molecule has 6 nitrogen and oxygen atoms in total. The lowest BCUT2D eigenvalue weighted by Crippen LogP contribution is -2.46. The summed E-state index contributed by atoms with van der Waals surface area (Å²) in [5.74, 6) is 0.785. The number of aryl methyl sites for hydroxylation is 1. The van der Waals surface area contributed by atoms with Crippen LogP contribution in [0.4, 0.5) is 0 Å². The molecular weight excluding hydrogens is 382 g/mol. The van der Waals surface area contributed by atoms with Crippen molar-refractivity contribution in [3.8, 4) is 11.4 Å². The highest BCUT2D eigenvalue weighted by molar-refractivity contribution is 7.71. The summed E-state index contributed by atoms with van der Waals surface area (Å²) in [5.41, 5.74) is 3.62. The molecule has 1 saturated heterocycles. The molecule has 29 heavy (non-hydrogen) atoms. The Kier molecular flexibility index (Phi) is 6.08. The van der Waals surface area contributed by atoms with Crippen LogP contribution in [-0.2, 0) is 13.2 Å². The van der Waals surface area contributed by atoms with Crippen LogP contribution in [0, 0.1) is 11.7 Å². The van der Waals surface area contributed by atoms with Gasteiger partial charge in [-0.05, 0) is 36.8 Å². The van der Waals surface area contributed by atoms with Gasteiger partial charge in [0.2, 0.25) is 4.77 Å². The molecule has 0 bridgehead atoms. The molecule has 0 unspecified atom stereocenters. The summed E-state index contributed by atoms with van der Waals surface area (Å²) in [6.07, 6.45) is 1.77. The van der Waals surface area contributed by atoms with E-state index >= 15 is 0 Å². The van der Waals surface area contributed by atoms with E-state index < -0.39 is 0 Å². The molecule has 0 atom stereocenters. The molecule has 0 saturated carbocycles. The largest absolute Gasteiger partial charge is 0.495 e. The molecule has 2 heterocycles. The van der Waals surface area contributed by atoms with Crippen molar-refractivity contribution >= 4 is 12.2 Å². The lowest BCUT2D eigenvalue weighted by atomic mass is 10.1. The Morgan fingerprint density at radius 2 is 1.76 bits per heavy atom. The summed E-state index contributed by atoms with van der Waals surface area (Å²) in [7, 11) is 1.67. The van der Waals surface area contributed by atoms with E-state index in [1.807, 2.05) is 33.5 Å². The normalized spacial score (nSPS) is 15.5. The third kappa shape index (κ3) is 4.58. The molecule has 152 valence electrons. The average molecular weight is 410 g/mol. The number of hydrogen-bond acceptors (Lipinski definition) is 5. The second-order valence-electron chi connectivity index (χ2n) is 7.48. The topological polar surface area (TPSA) is 38.5 Å². The van der Waals surface area contributed by atoms with Gasteiger partial charge in [0.15, 0.2) is 0 Å². The molecule has 7 heteroatoms. The summed E-state index contributed by atoms with van der Waals surface area (Å²) in [5, 5.41) is 4.52. The number of hydrogen-bond donors (Lipinski definition) is 0. The van der Waals surface area contributed by atoms with Gasteiger partial charge in [0.1, 0.15) is 12.1 Å². The molecule has 0 radical (unpaired) electrons. The fourth-order valence-electron chi connectivity index (χ4n) is 3.78. The molecule has 1 aliphatic heterocycles. The Bertz CT molecular complexity index is 1020. The van der Waals surface area contributed by atoms with Crippen molar-refractivity contribution < 1.29 is 4.74 Å². The zero-order chi connectivity index (χ0) is 20.2. The minimum Gasteiger partial charge on any atom is -0.495 e. The average Bonchev–Trinajstić information content (AvgIpc) is 3.09. The number of piperazine rings is 1. The van der Waals surface area contributed by atoms with Gasteiger partial charge < -0.3 is 4.74 Å². The number of nitrogens with zero attached hydrogens (tertiary/aromatic N) is 5. The smallest absolute Gasteiger partial charge is 0.203 e. The number of rotatable bonds is 6. The summed E-state index contributed by atoms with van der Waals surface area (Å²) >= 11 is 5.68. The fraction of sp³-hybridized carbons (Fsp3) is 0.364. The first kappa shape index (κ1) is 19.8. The first-order valence-corrected chi connectivity index (χ1v) is 10.3. The van der Waals surface area contributed by atoms with E-state index in [0.717, 1.165) is 44.2 Å². The number of para-hydroxylation sites is 2. The van der Waals surface area contributed by atoms with E-state index in [1.54, 1.807) is 13.4 Å². The third-order valence-corrected chi connectivity index (χ3v) is 5.77. The van der Waals surface area contributed by atoms with E-state index in [9.17, 15) is 0 Å². The predicted octanol–water partition coefficient (Wildman–Crippen LogP) is 3.50. The molecule has 1 aromatic heterocycles. The van der Waals surface area contributed by atoms with Gasteiger partial charge in [0.25, 0.3) is 0 Å². The Balaban J connectivity index is 1.38. The maximum Gasteiger partial charge on any atom is 0.203 e. The molecule has 4 rings (SSSR count). The molecule has 2 aromatic carbocycles. The number of ether oxygens (including phenoxy) is 1. The maximum atomic E-state index is 5.68. The van der Waals surface area contributed by atoms with Crippen LogP contribution in [0.15, 0.2) is 54.9 Å². The molecule has 1 aliphatic rings. The lowest BCUT2D eigenvalue weighted by molar-refractivity contribution is 0.0981. The van der Waals surface area contributed by atoms with Crippen molar-refractivity contribution in [2.24, 2.45) is 0 Å². The Hall–Kier alpha value is -2.48. The lowest BCUT2D eigenvalue weighted by Gasteiger charge is -2.34. The van der Waals surface area contributed by atoms with Gasteiger partial charge in [-0.3, -0.25) is 14.4 Å². The zero-order valence-corrected chi connectivity index (χ0v) is 17.8. The van der Waals surface area contributed by atoms with Crippen LogP contribution >= 0.6 is 12.2 Å². The molecule has 0 aliphatic carbocycles. The van der Waals surface area contributed by atoms with Crippen molar-refractivity contribution in [1.29, 1.82) is 0 Å². The van der Waals surface area contributed by atoms with Gasteiger partial charge in [0.05, 0.1) is 19.5 Å². The van der Waals surface area contributed by atoms with Crippen LogP contribution in [0.5, 0.6) is 5.75 Å². The van der Waals surface area contributed by atoms with Crippen molar-refractivity contribution in [3.63, 3.8) is 0 Å². The van der Waals surface area contributed by atoms with E-state index in [2.05, 4.69) is 46.1 Å². The Morgan fingerprint density at radius 3 is 2.52 bits per heavy atom. The quantitative estimate of drug-likeness (QED) is 0.583. The maximum absolute atomic E-state index is 5.68. The first-order chi connectivity index (χ1) is 14.1. The van der Waals surface area contributed by atoms with Crippen LogP contribution in [0.3, 0.4) is 0 Å². The van der Waals surface area contributed by atoms with E-state index in [1.165, 1.54) is 11.1 Å². The van der Waals surface area contributed by atoms with Crippen LogP contribution in [0.2, 0.25) is 0 Å². The standard InChI is InChI=1S/C22H27N5OS/c1-18-6-5-7-19(14-18)15-24-10-12-25(13-11-24)17-27-22(29)26(16-23-27)20-8-3-4-9-21(20)28-2/h3-9,14,16H,10-13,15,17H2,1-2H3. The minimum absolute atomic E-state index is 0.677.